The molecule has 6 nitrogen and oxygen atoms in total. The van der Waals surface area contributed by atoms with Crippen LogP contribution in [0, 0.1) is 5.92 Å². The van der Waals surface area contributed by atoms with E-state index in [1.165, 1.54) is 0 Å². The molecule has 35 heavy (non-hydrogen) atoms. The summed E-state index contributed by atoms with van der Waals surface area (Å²) in [4.78, 5) is 26.5. The molecule has 0 amide bonds. The van der Waals surface area contributed by atoms with Gasteiger partial charge in [-0.05, 0) is 49.4 Å². The van der Waals surface area contributed by atoms with E-state index in [2.05, 4.69) is 11.9 Å². The minimum absolute atomic E-state index is 0.0557. The molecule has 0 saturated carbocycles. The number of hydrogen-bond acceptors (Lipinski definition) is 6. The second-order valence-electron chi connectivity index (χ2n) is 9.11. The molecule has 4 rings (SSSR count). The largest absolute Gasteiger partial charge is 0.493 e. The van der Waals surface area contributed by atoms with Crippen molar-refractivity contribution in [2.45, 2.75) is 58.2 Å². The quantitative estimate of drug-likeness (QED) is 0.513. The third-order valence-corrected chi connectivity index (χ3v) is 6.72. The predicted molar refractivity (Wildman–Crippen MR) is 134 cm³/mol. The van der Waals surface area contributed by atoms with Crippen LogP contribution >= 0.6 is 0 Å². The van der Waals surface area contributed by atoms with E-state index in [4.69, 9.17) is 14.2 Å². The smallest absolute Gasteiger partial charge is 0.316 e. The van der Waals surface area contributed by atoms with E-state index >= 15 is 0 Å². The summed E-state index contributed by atoms with van der Waals surface area (Å²) in [5, 5.41) is 3.26. The van der Waals surface area contributed by atoms with Crippen LogP contribution in [-0.4, -0.2) is 25.0 Å². The first-order valence-corrected chi connectivity index (χ1v) is 12.2. The van der Waals surface area contributed by atoms with Crippen molar-refractivity contribution in [1.82, 2.24) is 5.32 Å². The van der Waals surface area contributed by atoms with Crippen molar-refractivity contribution < 1.29 is 23.8 Å². The van der Waals surface area contributed by atoms with Gasteiger partial charge in [-0.2, -0.15) is 0 Å². The summed E-state index contributed by atoms with van der Waals surface area (Å²) < 4.78 is 17.4. The Hall–Kier alpha value is -3.54. The van der Waals surface area contributed by atoms with Crippen LogP contribution in [0.25, 0.3) is 0 Å². The molecule has 0 spiro atoms. The van der Waals surface area contributed by atoms with Gasteiger partial charge in [0, 0.05) is 29.3 Å². The molecule has 0 radical (unpaired) electrons. The van der Waals surface area contributed by atoms with Crippen LogP contribution in [0.4, 0.5) is 0 Å². The first-order valence-electron chi connectivity index (χ1n) is 12.2. The van der Waals surface area contributed by atoms with Crippen molar-refractivity contribution in [3.63, 3.8) is 0 Å². The number of allylic oxidation sites excluding steroid dienone is 2. The molecule has 3 atom stereocenters. The van der Waals surface area contributed by atoms with Crippen molar-refractivity contribution in [3.8, 4) is 11.5 Å². The maximum Gasteiger partial charge on any atom is 0.316 e. The third-order valence-electron chi connectivity index (χ3n) is 6.72. The monoisotopic (exact) mass is 475 g/mol. The van der Waals surface area contributed by atoms with Crippen LogP contribution in [0.1, 0.15) is 56.6 Å². The Balaban J connectivity index is 1.75. The van der Waals surface area contributed by atoms with Crippen molar-refractivity contribution >= 4 is 11.8 Å². The average Bonchev–Trinajstić information content (AvgIpc) is 2.87. The Bertz CT molecular complexity index is 1140. The fraction of sp³-hybridized carbons (Fsp3) is 0.379. The topological polar surface area (TPSA) is 73.9 Å². The summed E-state index contributed by atoms with van der Waals surface area (Å²) in [6.07, 6.45) is 2.46. The van der Waals surface area contributed by atoms with Gasteiger partial charge in [0.15, 0.2) is 17.3 Å². The van der Waals surface area contributed by atoms with Crippen molar-refractivity contribution in [2.24, 2.45) is 5.92 Å². The zero-order valence-electron chi connectivity index (χ0n) is 20.6. The van der Waals surface area contributed by atoms with Gasteiger partial charge in [0.1, 0.15) is 12.5 Å². The molecule has 0 aromatic heterocycles. The summed E-state index contributed by atoms with van der Waals surface area (Å²) in [5.41, 5.74) is 3.88. The lowest BCUT2D eigenvalue weighted by molar-refractivity contribution is -0.152. The number of carbonyl (C=O) groups excluding carboxylic acids is 2. The minimum atomic E-state index is -0.722. The fourth-order valence-electron chi connectivity index (χ4n) is 4.72. The van der Waals surface area contributed by atoms with Gasteiger partial charge >= 0.3 is 5.97 Å². The highest BCUT2D eigenvalue weighted by Crippen LogP contribution is 2.46. The molecule has 0 saturated heterocycles. The molecular formula is C29H33NO5. The maximum absolute atomic E-state index is 13.3. The Labute approximate surface area is 207 Å². The van der Waals surface area contributed by atoms with E-state index in [1.54, 1.807) is 7.11 Å². The molecule has 2 aromatic carbocycles. The lowest BCUT2D eigenvalue weighted by Gasteiger charge is -2.38. The SMILES string of the molecule is C=C1NC2=C(C(=O)CCC2)C(c2ccc(OC)c(OCc3ccccc3)c2)C1C(=O)OC(C)CC. The van der Waals surface area contributed by atoms with Gasteiger partial charge in [-0.15, -0.1) is 0 Å². The van der Waals surface area contributed by atoms with Gasteiger partial charge in [0.05, 0.1) is 13.2 Å². The molecular weight excluding hydrogens is 442 g/mol. The highest BCUT2D eigenvalue weighted by atomic mass is 16.5. The molecule has 0 fully saturated rings. The molecule has 1 aliphatic heterocycles. The number of carbonyl (C=O) groups is 2. The van der Waals surface area contributed by atoms with Gasteiger partial charge in [0.2, 0.25) is 0 Å². The first kappa shape index (κ1) is 24.6. The number of hydrogen-bond donors (Lipinski definition) is 1. The average molecular weight is 476 g/mol. The maximum atomic E-state index is 13.3. The van der Waals surface area contributed by atoms with E-state index in [9.17, 15) is 9.59 Å². The van der Waals surface area contributed by atoms with E-state index in [0.29, 0.717) is 42.2 Å². The van der Waals surface area contributed by atoms with Crippen LogP contribution in [0.15, 0.2) is 72.1 Å². The molecule has 6 heteroatoms. The lowest BCUT2D eigenvalue weighted by atomic mass is 9.71. The highest BCUT2D eigenvalue weighted by Gasteiger charge is 2.44. The van der Waals surface area contributed by atoms with Crippen LogP contribution in [-0.2, 0) is 20.9 Å². The normalized spacial score (nSPS) is 20.5. The highest BCUT2D eigenvalue weighted by molar-refractivity contribution is 6.00. The zero-order chi connectivity index (χ0) is 24.9. The number of esters is 1. The van der Waals surface area contributed by atoms with E-state index in [0.717, 1.165) is 29.7 Å². The van der Waals surface area contributed by atoms with Crippen molar-refractivity contribution in [2.75, 3.05) is 7.11 Å². The summed E-state index contributed by atoms with van der Waals surface area (Å²) in [6, 6.07) is 15.5. The molecule has 184 valence electrons. The molecule has 0 bridgehead atoms. The van der Waals surface area contributed by atoms with E-state index in [1.807, 2.05) is 62.4 Å². The number of methoxy groups -OCH3 is 1. The Morgan fingerprint density at radius 2 is 1.91 bits per heavy atom. The van der Waals surface area contributed by atoms with Crippen LogP contribution in [0.2, 0.25) is 0 Å². The van der Waals surface area contributed by atoms with E-state index in [-0.39, 0.29) is 17.9 Å². The lowest BCUT2D eigenvalue weighted by Crippen LogP contribution is -2.41. The summed E-state index contributed by atoms with van der Waals surface area (Å²) >= 11 is 0. The number of benzene rings is 2. The van der Waals surface area contributed by atoms with Gasteiger partial charge < -0.3 is 19.5 Å². The van der Waals surface area contributed by atoms with Crippen molar-refractivity contribution in [3.05, 3.63) is 83.2 Å². The molecule has 2 aliphatic rings. The zero-order valence-corrected chi connectivity index (χ0v) is 20.6. The molecule has 1 aliphatic carbocycles. The second-order valence-corrected chi connectivity index (χ2v) is 9.11. The second kappa shape index (κ2) is 10.8. The standard InChI is InChI=1S/C29H33NO5/c1-5-18(2)35-29(32)26-19(3)30-22-12-9-13-23(31)28(22)27(26)21-14-15-24(33-4)25(16-21)34-17-20-10-7-6-8-11-20/h6-8,10-11,14-16,18,26-27,30H,3,5,9,12-13,17H2,1-2,4H3. The van der Waals surface area contributed by atoms with Crippen LogP contribution in [0.5, 0.6) is 11.5 Å². The van der Waals surface area contributed by atoms with Gasteiger partial charge in [-0.25, -0.2) is 0 Å². The number of ketones is 1. The first-order chi connectivity index (χ1) is 16.9. The molecule has 1 N–H and O–H groups in total. The Morgan fingerprint density at radius 3 is 2.63 bits per heavy atom. The summed E-state index contributed by atoms with van der Waals surface area (Å²) in [5.74, 6) is -0.416. The number of ether oxygens (including phenoxy) is 3. The number of rotatable bonds is 8. The fourth-order valence-corrected chi connectivity index (χ4v) is 4.72. The van der Waals surface area contributed by atoms with Gasteiger partial charge in [0.25, 0.3) is 0 Å². The third kappa shape index (κ3) is 5.26. The molecule has 3 unspecified atom stereocenters. The van der Waals surface area contributed by atoms with Crippen molar-refractivity contribution in [1.29, 1.82) is 0 Å². The summed E-state index contributed by atoms with van der Waals surface area (Å²) in [7, 11) is 1.59. The minimum Gasteiger partial charge on any atom is -0.493 e. The molecule has 1 heterocycles. The Morgan fingerprint density at radius 1 is 1.14 bits per heavy atom. The number of Topliss-reactive ketones (excluding diaryl/α,β-unsaturated/α-hetero) is 1. The summed E-state index contributed by atoms with van der Waals surface area (Å²) in [6.45, 7) is 8.36. The molecule has 2 aromatic rings. The van der Waals surface area contributed by atoms with E-state index < -0.39 is 11.8 Å². The number of nitrogens with one attached hydrogen (secondary N) is 1. The van der Waals surface area contributed by atoms with Crippen LogP contribution in [0.3, 0.4) is 0 Å². The van der Waals surface area contributed by atoms with Gasteiger partial charge in [-0.3, -0.25) is 9.59 Å². The predicted octanol–water partition coefficient (Wildman–Crippen LogP) is 5.44. The Kier molecular flexibility index (Phi) is 7.59. The van der Waals surface area contributed by atoms with Crippen LogP contribution < -0.4 is 14.8 Å². The van der Waals surface area contributed by atoms with Gasteiger partial charge in [-0.1, -0.05) is 49.9 Å².